The molecule has 0 spiro atoms. The second-order valence-corrected chi connectivity index (χ2v) is 5.49. The third-order valence-electron chi connectivity index (χ3n) is 2.86. The molecule has 1 aromatic carbocycles. The van der Waals surface area contributed by atoms with E-state index < -0.39 is 0 Å². The smallest absolute Gasteiger partial charge is 0.0518 e. The van der Waals surface area contributed by atoms with Gasteiger partial charge in [-0.3, -0.25) is 0 Å². The van der Waals surface area contributed by atoms with Crippen LogP contribution in [0.3, 0.4) is 0 Å². The van der Waals surface area contributed by atoms with Gasteiger partial charge in [0.15, 0.2) is 0 Å². The Morgan fingerprint density at radius 2 is 1.88 bits per heavy atom. The summed E-state index contributed by atoms with van der Waals surface area (Å²) in [5, 5.41) is 1.65. The summed E-state index contributed by atoms with van der Waals surface area (Å²) < 4.78 is 0. The van der Waals surface area contributed by atoms with Gasteiger partial charge in [-0.15, -0.1) is 11.6 Å². The van der Waals surface area contributed by atoms with Gasteiger partial charge < -0.3 is 0 Å². The molecule has 1 atom stereocenters. The van der Waals surface area contributed by atoms with Gasteiger partial charge in [-0.25, -0.2) is 0 Å². The third-order valence-corrected chi connectivity index (χ3v) is 3.91. The quantitative estimate of drug-likeness (QED) is 0.510. The van der Waals surface area contributed by atoms with Gasteiger partial charge in [0, 0.05) is 10.0 Å². The molecule has 0 N–H and O–H groups in total. The Balaban J connectivity index is 2.20. The molecule has 0 aliphatic heterocycles. The Morgan fingerprint density at radius 1 is 1.19 bits per heavy atom. The van der Waals surface area contributed by atoms with E-state index in [1.807, 2.05) is 18.2 Å². The number of hydrogen-bond donors (Lipinski definition) is 0. The minimum absolute atomic E-state index is 0.171. The van der Waals surface area contributed by atoms with E-state index in [4.69, 9.17) is 34.8 Å². The van der Waals surface area contributed by atoms with E-state index in [-0.39, 0.29) is 5.38 Å². The van der Waals surface area contributed by atoms with Gasteiger partial charge in [-0.2, -0.15) is 0 Å². The predicted octanol–water partition coefficient (Wildman–Crippen LogP) is 5.25. The van der Waals surface area contributed by atoms with E-state index in [1.165, 1.54) is 5.57 Å². The fraction of sp³-hybridized carbons (Fsp3) is 0.385. The van der Waals surface area contributed by atoms with Crippen molar-refractivity contribution in [2.24, 2.45) is 0 Å². The second-order valence-electron chi connectivity index (χ2n) is 4.11. The van der Waals surface area contributed by atoms with Crippen LogP contribution in [0.2, 0.25) is 10.0 Å². The zero-order valence-corrected chi connectivity index (χ0v) is 11.1. The van der Waals surface area contributed by atoms with Crippen LogP contribution in [0.1, 0.15) is 24.8 Å². The van der Waals surface area contributed by atoms with Crippen LogP contribution in [0.5, 0.6) is 0 Å². The first-order chi connectivity index (χ1) is 7.66. The number of benzene rings is 1. The van der Waals surface area contributed by atoms with Crippen molar-refractivity contribution in [2.75, 3.05) is 0 Å². The van der Waals surface area contributed by atoms with Crippen molar-refractivity contribution in [2.45, 2.75) is 31.1 Å². The van der Waals surface area contributed by atoms with E-state index in [9.17, 15) is 0 Å². The highest BCUT2D eigenvalue weighted by molar-refractivity contribution is 6.36. The highest BCUT2D eigenvalue weighted by Gasteiger charge is 2.14. The van der Waals surface area contributed by atoms with Crippen molar-refractivity contribution >= 4 is 34.8 Å². The lowest BCUT2D eigenvalue weighted by Crippen LogP contribution is -2.05. The van der Waals surface area contributed by atoms with Gasteiger partial charge in [0.1, 0.15) is 0 Å². The topological polar surface area (TPSA) is 0 Å². The van der Waals surface area contributed by atoms with Crippen LogP contribution in [0.25, 0.3) is 0 Å². The Morgan fingerprint density at radius 3 is 2.50 bits per heavy atom. The lowest BCUT2D eigenvalue weighted by atomic mass is 9.94. The molecule has 0 radical (unpaired) electrons. The average molecular weight is 276 g/mol. The Bertz CT molecular complexity index is 389. The summed E-state index contributed by atoms with van der Waals surface area (Å²) in [6.07, 6.45) is 6.29. The molecule has 1 aliphatic rings. The molecule has 0 bridgehead atoms. The van der Waals surface area contributed by atoms with Crippen molar-refractivity contribution in [1.29, 1.82) is 0 Å². The molecule has 1 unspecified atom stereocenters. The van der Waals surface area contributed by atoms with E-state index >= 15 is 0 Å². The molecular weight excluding hydrogens is 263 g/mol. The molecule has 0 fully saturated rings. The molecule has 16 heavy (non-hydrogen) atoms. The van der Waals surface area contributed by atoms with Crippen LogP contribution >= 0.6 is 34.8 Å². The minimum atomic E-state index is 0.171. The molecule has 0 heterocycles. The number of halogens is 3. The standard InChI is InChI=1S/C13H13Cl3/c14-10-4-1-3-9(7-10)8-11-12(15)5-2-6-13(11)16/h2,5-7,10H,1,3-4,8H2. The Labute approximate surface area is 111 Å². The van der Waals surface area contributed by atoms with Crippen LogP contribution in [-0.2, 0) is 6.42 Å². The lowest BCUT2D eigenvalue weighted by molar-refractivity contribution is 0.693. The summed E-state index contributed by atoms with van der Waals surface area (Å²) >= 11 is 18.4. The highest BCUT2D eigenvalue weighted by Crippen LogP contribution is 2.30. The molecule has 0 saturated heterocycles. The average Bonchev–Trinajstić information content (AvgIpc) is 2.24. The van der Waals surface area contributed by atoms with E-state index in [2.05, 4.69) is 6.08 Å². The first-order valence-electron chi connectivity index (χ1n) is 5.43. The number of rotatable bonds is 2. The molecule has 0 aromatic heterocycles. The molecule has 0 nitrogen and oxygen atoms in total. The van der Waals surface area contributed by atoms with Gasteiger partial charge in [-0.1, -0.05) is 40.9 Å². The maximum atomic E-state index is 6.14. The second kappa shape index (κ2) is 5.44. The van der Waals surface area contributed by atoms with E-state index in [0.717, 1.165) is 41.3 Å². The predicted molar refractivity (Wildman–Crippen MR) is 71.7 cm³/mol. The summed E-state index contributed by atoms with van der Waals surface area (Å²) in [5.74, 6) is 0. The lowest BCUT2D eigenvalue weighted by Gasteiger charge is -2.17. The van der Waals surface area contributed by atoms with Crippen molar-refractivity contribution in [3.63, 3.8) is 0 Å². The van der Waals surface area contributed by atoms with Crippen molar-refractivity contribution < 1.29 is 0 Å². The molecule has 0 saturated carbocycles. The van der Waals surface area contributed by atoms with Crippen LogP contribution in [0.4, 0.5) is 0 Å². The first-order valence-corrected chi connectivity index (χ1v) is 6.62. The Hall–Kier alpha value is -0.170. The summed E-state index contributed by atoms with van der Waals surface area (Å²) in [6.45, 7) is 0. The molecule has 2 rings (SSSR count). The molecule has 1 aliphatic carbocycles. The summed E-state index contributed by atoms with van der Waals surface area (Å²) in [5.41, 5.74) is 2.36. The monoisotopic (exact) mass is 274 g/mol. The summed E-state index contributed by atoms with van der Waals surface area (Å²) in [7, 11) is 0. The van der Waals surface area contributed by atoms with E-state index in [0.29, 0.717) is 0 Å². The highest BCUT2D eigenvalue weighted by atomic mass is 35.5. The van der Waals surface area contributed by atoms with Gasteiger partial charge in [-0.05, 0) is 43.4 Å². The normalized spacial score (nSPS) is 20.7. The van der Waals surface area contributed by atoms with Gasteiger partial charge in [0.25, 0.3) is 0 Å². The number of alkyl halides is 1. The van der Waals surface area contributed by atoms with Crippen LogP contribution in [-0.4, -0.2) is 5.38 Å². The first kappa shape index (κ1) is 12.3. The van der Waals surface area contributed by atoms with Crippen molar-refractivity contribution in [3.05, 3.63) is 45.5 Å². The number of allylic oxidation sites excluding steroid dienone is 2. The SMILES string of the molecule is Clc1cccc(Cl)c1CC1=CC(Cl)CCC1. The third kappa shape index (κ3) is 2.94. The summed E-state index contributed by atoms with van der Waals surface area (Å²) in [4.78, 5) is 0. The van der Waals surface area contributed by atoms with Gasteiger partial charge in [0.2, 0.25) is 0 Å². The van der Waals surface area contributed by atoms with Gasteiger partial charge in [0.05, 0.1) is 5.38 Å². The zero-order chi connectivity index (χ0) is 11.5. The molecular formula is C13H13Cl3. The number of hydrogen-bond acceptors (Lipinski definition) is 0. The zero-order valence-electron chi connectivity index (χ0n) is 8.85. The molecule has 86 valence electrons. The largest absolute Gasteiger partial charge is 0.118 e. The Kier molecular flexibility index (Phi) is 4.18. The molecule has 1 aromatic rings. The van der Waals surface area contributed by atoms with Crippen molar-refractivity contribution in [3.8, 4) is 0 Å². The molecule has 0 amide bonds. The van der Waals surface area contributed by atoms with E-state index in [1.54, 1.807) is 0 Å². The maximum absolute atomic E-state index is 6.14. The minimum Gasteiger partial charge on any atom is -0.118 e. The van der Waals surface area contributed by atoms with Gasteiger partial charge >= 0.3 is 0 Å². The van der Waals surface area contributed by atoms with Crippen LogP contribution in [0, 0.1) is 0 Å². The van der Waals surface area contributed by atoms with Crippen LogP contribution in [0.15, 0.2) is 29.8 Å². The maximum Gasteiger partial charge on any atom is 0.0518 e. The van der Waals surface area contributed by atoms with Crippen LogP contribution < -0.4 is 0 Å². The molecule has 3 heteroatoms. The summed E-state index contributed by atoms with van der Waals surface area (Å²) in [6, 6.07) is 5.63. The van der Waals surface area contributed by atoms with Crippen molar-refractivity contribution in [1.82, 2.24) is 0 Å². The fourth-order valence-corrected chi connectivity index (χ4v) is 2.89. The fourth-order valence-electron chi connectivity index (χ4n) is 2.02.